The van der Waals surface area contributed by atoms with Gasteiger partial charge in [0.25, 0.3) is 0 Å². The SMILES string of the molecule is CCOC(=O)Cc1cccc(OCCC(C)CCO)c1. The summed E-state index contributed by atoms with van der Waals surface area (Å²) < 4.78 is 10.6. The molecular weight excluding hydrogens is 256 g/mol. The van der Waals surface area contributed by atoms with E-state index >= 15 is 0 Å². The molecule has 4 nitrogen and oxygen atoms in total. The molecule has 112 valence electrons. The molecule has 1 N–H and O–H groups in total. The van der Waals surface area contributed by atoms with E-state index in [9.17, 15) is 4.79 Å². The van der Waals surface area contributed by atoms with Crippen LogP contribution in [-0.2, 0) is 16.0 Å². The highest BCUT2D eigenvalue weighted by Crippen LogP contribution is 2.16. The Balaban J connectivity index is 2.41. The second-order valence-electron chi connectivity index (χ2n) is 4.88. The fourth-order valence-corrected chi connectivity index (χ4v) is 1.87. The monoisotopic (exact) mass is 280 g/mol. The number of ether oxygens (including phenoxy) is 2. The van der Waals surface area contributed by atoms with E-state index in [4.69, 9.17) is 14.6 Å². The van der Waals surface area contributed by atoms with E-state index in [1.54, 1.807) is 6.92 Å². The Morgan fingerprint density at radius 3 is 2.85 bits per heavy atom. The highest BCUT2D eigenvalue weighted by Gasteiger charge is 2.06. The van der Waals surface area contributed by atoms with Crippen LogP contribution in [0.3, 0.4) is 0 Å². The van der Waals surface area contributed by atoms with Crippen LogP contribution in [0.5, 0.6) is 5.75 Å². The quantitative estimate of drug-likeness (QED) is 0.706. The van der Waals surface area contributed by atoms with Crippen LogP contribution in [0.1, 0.15) is 32.3 Å². The van der Waals surface area contributed by atoms with E-state index < -0.39 is 0 Å². The molecule has 0 aliphatic rings. The second kappa shape index (κ2) is 9.37. The maximum atomic E-state index is 11.4. The summed E-state index contributed by atoms with van der Waals surface area (Å²) >= 11 is 0. The average molecular weight is 280 g/mol. The molecule has 0 aliphatic heterocycles. The number of aliphatic hydroxyl groups excluding tert-OH is 1. The largest absolute Gasteiger partial charge is 0.494 e. The van der Waals surface area contributed by atoms with Crippen molar-refractivity contribution in [1.82, 2.24) is 0 Å². The van der Waals surface area contributed by atoms with Crippen molar-refractivity contribution in [3.05, 3.63) is 29.8 Å². The Kier molecular flexibility index (Phi) is 7.73. The average Bonchev–Trinajstić information content (AvgIpc) is 2.39. The minimum atomic E-state index is -0.221. The third-order valence-electron chi connectivity index (χ3n) is 3.05. The van der Waals surface area contributed by atoms with Crippen molar-refractivity contribution in [3.63, 3.8) is 0 Å². The number of benzene rings is 1. The lowest BCUT2D eigenvalue weighted by Crippen LogP contribution is -2.08. The van der Waals surface area contributed by atoms with E-state index in [2.05, 4.69) is 6.92 Å². The lowest BCUT2D eigenvalue weighted by atomic mass is 10.1. The summed E-state index contributed by atoms with van der Waals surface area (Å²) in [6.07, 6.45) is 1.97. The smallest absolute Gasteiger partial charge is 0.310 e. The van der Waals surface area contributed by atoms with Crippen LogP contribution in [-0.4, -0.2) is 30.9 Å². The molecule has 0 aliphatic carbocycles. The van der Waals surface area contributed by atoms with Gasteiger partial charge in [0.05, 0.1) is 19.6 Å². The molecule has 0 aromatic heterocycles. The van der Waals surface area contributed by atoms with Crippen molar-refractivity contribution in [3.8, 4) is 5.75 Å². The van der Waals surface area contributed by atoms with Gasteiger partial charge in [-0.3, -0.25) is 4.79 Å². The minimum Gasteiger partial charge on any atom is -0.494 e. The number of rotatable bonds is 9. The molecule has 20 heavy (non-hydrogen) atoms. The van der Waals surface area contributed by atoms with Gasteiger partial charge in [0, 0.05) is 6.61 Å². The van der Waals surface area contributed by atoms with Crippen molar-refractivity contribution < 1.29 is 19.4 Å². The number of hydrogen-bond acceptors (Lipinski definition) is 4. The summed E-state index contributed by atoms with van der Waals surface area (Å²) in [6.45, 7) is 5.12. The van der Waals surface area contributed by atoms with Crippen LogP contribution >= 0.6 is 0 Å². The van der Waals surface area contributed by atoms with Crippen molar-refractivity contribution in [1.29, 1.82) is 0 Å². The Hall–Kier alpha value is -1.55. The summed E-state index contributed by atoms with van der Waals surface area (Å²) in [7, 11) is 0. The van der Waals surface area contributed by atoms with Gasteiger partial charge < -0.3 is 14.6 Å². The van der Waals surface area contributed by atoms with Crippen molar-refractivity contribution in [2.24, 2.45) is 5.92 Å². The predicted molar refractivity (Wildman–Crippen MR) is 77.8 cm³/mol. The van der Waals surface area contributed by atoms with E-state index in [0.29, 0.717) is 19.1 Å². The first-order chi connectivity index (χ1) is 9.65. The highest BCUT2D eigenvalue weighted by atomic mass is 16.5. The van der Waals surface area contributed by atoms with Gasteiger partial charge >= 0.3 is 5.97 Å². The maximum Gasteiger partial charge on any atom is 0.310 e. The van der Waals surface area contributed by atoms with Crippen LogP contribution < -0.4 is 4.74 Å². The van der Waals surface area contributed by atoms with Gasteiger partial charge in [-0.25, -0.2) is 0 Å². The van der Waals surface area contributed by atoms with Gasteiger partial charge in [-0.2, -0.15) is 0 Å². The van der Waals surface area contributed by atoms with E-state index in [0.717, 1.165) is 24.2 Å². The van der Waals surface area contributed by atoms with Gasteiger partial charge in [-0.05, 0) is 43.4 Å². The van der Waals surface area contributed by atoms with Crippen molar-refractivity contribution in [2.45, 2.75) is 33.1 Å². The molecule has 1 rings (SSSR count). The van der Waals surface area contributed by atoms with E-state index in [1.165, 1.54) is 0 Å². The molecule has 0 heterocycles. The maximum absolute atomic E-state index is 11.4. The predicted octanol–water partition coefficient (Wildman–Crippen LogP) is 2.58. The molecule has 1 atom stereocenters. The molecule has 4 heteroatoms. The van der Waals surface area contributed by atoms with Crippen molar-refractivity contribution in [2.75, 3.05) is 19.8 Å². The molecule has 0 bridgehead atoms. The summed E-state index contributed by atoms with van der Waals surface area (Å²) in [4.78, 5) is 11.4. The molecule has 0 spiro atoms. The molecule has 1 aromatic rings. The second-order valence-corrected chi connectivity index (χ2v) is 4.88. The lowest BCUT2D eigenvalue weighted by molar-refractivity contribution is -0.142. The first kappa shape index (κ1) is 16.5. The Bertz CT molecular complexity index is 403. The van der Waals surface area contributed by atoms with E-state index in [-0.39, 0.29) is 19.0 Å². The molecule has 1 aromatic carbocycles. The Morgan fingerprint density at radius 2 is 2.15 bits per heavy atom. The van der Waals surface area contributed by atoms with Crippen LogP contribution in [0, 0.1) is 5.92 Å². The van der Waals surface area contributed by atoms with Gasteiger partial charge in [0.1, 0.15) is 5.75 Å². The summed E-state index contributed by atoms with van der Waals surface area (Å²) in [5.41, 5.74) is 0.893. The van der Waals surface area contributed by atoms with Crippen LogP contribution in [0.25, 0.3) is 0 Å². The van der Waals surface area contributed by atoms with Crippen LogP contribution in [0.15, 0.2) is 24.3 Å². The zero-order valence-corrected chi connectivity index (χ0v) is 12.3. The number of aliphatic hydroxyl groups is 1. The molecule has 0 saturated heterocycles. The standard InChI is InChI=1S/C16H24O4/c1-3-19-16(18)12-14-5-4-6-15(11-14)20-10-8-13(2)7-9-17/h4-6,11,13,17H,3,7-10,12H2,1-2H3. The normalized spacial score (nSPS) is 11.9. The third kappa shape index (κ3) is 6.57. The van der Waals surface area contributed by atoms with Crippen molar-refractivity contribution >= 4 is 5.97 Å². The number of esters is 1. The number of hydrogen-bond donors (Lipinski definition) is 1. The Labute approximate surface area is 120 Å². The summed E-state index contributed by atoms with van der Waals surface area (Å²) in [6, 6.07) is 7.51. The van der Waals surface area contributed by atoms with Gasteiger partial charge in [-0.15, -0.1) is 0 Å². The number of carbonyl (C=O) groups is 1. The fraction of sp³-hybridized carbons (Fsp3) is 0.562. The zero-order valence-electron chi connectivity index (χ0n) is 12.3. The highest BCUT2D eigenvalue weighted by molar-refractivity contribution is 5.72. The summed E-state index contributed by atoms with van der Waals surface area (Å²) in [5.74, 6) is 0.993. The number of carbonyl (C=O) groups excluding carboxylic acids is 1. The Morgan fingerprint density at radius 1 is 1.35 bits per heavy atom. The van der Waals surface area contributed by atoms with Gasteiger partial charge in [0.15, 0.2) is 0 Å². The zero-order chi connectivity index (χ0) is 14.8. The van der Waals surface area contributed by atoms with Crippen LogP contribution in [0.2, 0.25) is 0 Å². The topological polar surface area (TPSA) is 55.8 Å². The first-order valence-corrected chi connectivity index (χ1v) is 7.14. The van der Waals surface area contributed by atoms with Gasteiger partial charge in [-0.1, -0.05) is 19.1 Å². The molecule has 0 fully saturated rings. The first-order valence-electron chi connectivity index (χ1n) is 7.14. The van der Waals surface area contributed by atoms with E-state index in [1.807, 2.05) is 24.3 Å². The summed E-state index contributed by atoms with van der Waals surface area (Å²) in [5, 5.41) is 8.83. The van der Waals surface area contributed by atoms with Gasteiger partial charge in [0.2, 0.25) is 0 Å². The molecule has 1 unspecified atom stereocenters. The molecule has 0 amide bonds. The molecular formula is C16H24O4. The minimum absolute atomic E-state index is 0.218. The molecule has 0 radical (unpaired) electrons. The fourth-order valence-electron chi connectivity index (χ4n) is 1.87. The lowest BCUT2D eigenvalue weighted by Gasteiger charge is -2.11. The third-order valence-corrected chi connectivity index (χ3v) is 3.05. The van der Waals surface area contributed by atoms with Crippen LogP contribution in [0.4, 0.5) is 0 Å². The molecule has 0 saturated carbocycles.